The Morgan fingerprint density at radius 2 is 1.69 bits per heavy atom. The first kappa shape index (κ1) is 58.5. The van der Waals surface area contributed by atoms with E-state index in [4.69, 9.17) is 25.2 Å². The molecule has 23 nitrogen and oxygen atoms in total. The van der Waals surface area contributed by atoms with Gasteiger partial charge in [0.15, 0.2) is 5.60 Å². The molecule has 1 saturated carbocycles. The molecule has 1 aliphatic carbocycles. The van der Waals surface area contributed by atoms with Crippen LogP contribution in [0.25, 0.3) is 32.9 Å². The number of carbonyl (C=O) groups is 6. The third kappa shape index (κ3) is 12.8. The van der Waals surface area contributed by atoms with Gasteiger partial charge in [0.25, 0.3) is 5.56 Å². The van der Waals surface area contributed by atoms with E-state index in [0.29, 0.717) is 46.7 Å². The molecule has 3 saturated heterocycles. The number of aromatic nitrogens is 4. The minimum atomic E-state index is -1.28. The zero-order valence-corrected chi connectivity index (χ0v) is 47.7. The number of hydrogen-bond acceptors (Lipinski definition) is 15. The zero-order chi connectivity index (χ0) is 59.3. The van der Waals surface area contributed by atoms with Crippen molar-refractivity contribution < 1.29 is 43.3 Å². The number of amides is 7. The molecular weight excluding hydrogens is 1070 g/mol. The number of urea groups is 1. The Morgan fingerprint density at radius 3 is 2.39 bits per heavy atom. The highest BCUT2D eigenvalue weighted by molar-refractivity contribution is 6.06. The van der Waals surface area contributed by atoms with Gasteiger partial charge in [0.05, 0.1) is 56.2 Å². The van der Waals surface area contributed by atoms with Crippen molar-refractivity contribution >= 4 is 69.0 Å². The average Bonchev–Trinajstić information content (AvgIpc) is 1.69. The highest BCUT2D eigenvalue weighted by Gasteiger charge is 2.44. The fraction of sp³-hybridized carbons (Fsp3) is 0.426. The lowest BCUT2D eigenvalue weighted by atomic mass is 9.87. The molecule has 3 aromatic carbocycles. The lowest BCUT2D eigenvalue weighted by Gasteiger charge is -2.45. The normalized spacial score (nSPS) is 17.8. The molecule has 6 heterocycles. The summed E-state index contributed by atoms with van der Waals surface area (Å²) in [5.74, 6) is 3.99. The minimum absolute atomic E-state index is 0.0199. The Kier molecular flexibility index (Phi) is 17.4. The van der Waals surface area contributed by atoms with Crippen LogP contribution in [0.4, 0.5) is 16.4 Å². The summed E-state index contributed by atoms with van der Waals surface area (Å²) in [5, 5.41) is 23.9. The summed E-state index contributed by atoms with van der Waals surface area (Å²) in [4.78, 5) is 109. The largest absolute Gasteiger partial charge is 0.495 e. The van der Waals surface area contributed by atoms with Crippen LogP contribution >= 0.6 is 0 Å². The van der Waals surface area contributed by atoms with Crippen LogP contribution in [-0.4, -0.2) is 160 Å². The molecule has 0 radical (unpaired) electrons. The summed E-state index contributed by atoms with van der Waals surface area (Å²) < 4.78 is 14.1. The van der Waals surface area contributed by atoms with Crippen LogP contribution < -0.4 is 47.1 Å². The number of ether oxygens (including phenoxy) is 2. The maximum atomic E-state index is 13.8. The summed E-state index contributed by atoms with van der Waals surface area (Å²) in [7, 11) is 3.22. The summed E-state index contributed by atoms with van der Waals surface area (Å²) in [5.41, 5.74) is 9.14. The lowest BCUT2D eigenvalue weighted by molar-refractivity contribution is -0.132. The number of carbonyl (C=O) groups excluding carboxylic acids is 6. The molecule has 0 bridgehead atoms. The SMILES string of the molecule is COc1ccc(C#CCNC2(C)CCN(C3CCN(c4nc(C(CO)(OC5CC5)c5ccccc5)c5cc(-c6cn(C)c(=O)c7[nH]ccc67)ccc5n4)CC3)CC2)cc1N1CCC(=O)N(CNC(=O)CNC(=O)C(CC(N)=O)NC(C)=O)C1=O. The highest BCUT2D eigenvalue weighted by Crippen LogP contribution is 2.44. The number of nitrogens with one attached hydrogen (secondary N) is 5. The van der Waals surface area contributed by atoms with Gasteiger partial charge < -0.3 is 60.9 Å². The van der Waals surface area contributed by atoms with Gasteiger partial charge in [-0.2, -0.15) is 0 Å². The molecule has 3 aromatic heterocycles. The Morgan fingerprint density at radius 1 is 0.929 bits per heavy atom. The van der Waals surface area contributed by atoms with Crippen molar-refractivity contribution in [2.45, 2.75) is 94.5 Å². The fourth-order valence-electron chi connectivity index (χ4n) is 11.5. The van der Waals surface area contributed by atoms with Gasteiger partial charge in [-0.05, 0) is 93.0 Å². The van der Waals surface area contributed by atoms with Crippen molar-refractivity contribution in [1.82, 2.24) is 50.6 Å². The number of imide groups is 1. The number of aliphatic hydroxyl groups is 1. The van der Waals surface area contributed by atoms with Gasteiger partial charge in [-0.15, -0.1) is 0 Å². The van der Waals surface area contributed by atoms with Crippen molar-refractivity contribution in [3.63, 3.8) is 0 Å². The Hall–Kier alpha value is -8.69. The molecule has 440 valence electrons. The van der Waals surface area contributed by atoms with Crippen LogP contribution in [0.3, 0.4) is 0 Å². The van der Waals surface area contributed by atoms with Crippen LogP contribution in [0, 0.1) is 11.8 Å². The molecule has 7 amide bonds. The van der Waals surface area contributed by atoms with Crippen molar-refractivity contribution in [2.75, 3.05) is 76.0 Å². The standard InChI is InChI=1S/C61H71N13O10/c1-38(76)67-48(33-51(62)77)56(80)64-34-52(78)65-37-74-53(79)21-28-73(59(74)82)49-31-39(12-17-50(49)83-4)9-8-24-66-60(2)22-29-71(30-23-60)42-19-26-72(27-20-42)58-68-47-16-13-40(46-35-70(3)57(81)54-44(46)18-25-63-54)32-45(47)55(69-58)61(36-75,84-43-14-15-43)41-10-6-5-7-11-41/h5-7,10-13,16-18,25,31-32,35,42-43,48,63,66,75H,14-15,19-24,26-30,33-34,36-37H2,1-4H3,(H2,62,77)(H,64,80)(H,65,78)(H,67,76). The summed E-state index contributed by atoms with van der Waals surface area (Å²) in [6.07, 6.45) is 8.61. The van der Waals surface area contributed by atoms with Gasteiger partial charge in [-0.3, -0.25) is 33.7 Å². The van der Waals surface area contributed by atoms with Gasteiger partial charge in [-0.25, -0.2) is 19.7 Å². The first-order valence-electron chi connectivity index (χ1n) is 28.4. The molecule has 23 heteroatoms. The molecule has 4 aliphatic rings. The van der Waals surface area contributed by atoms with E-state index < -0.39 is 66.8 Å². The number of methoxy groups -OCH3 is 1. The Balaban J connectivity index is 0.759. The summed E-state index contributed by atoms with van der Waals surface area (Å²) >= 11 is 0. The number of hydrogen-bond donors (Lipinski definition) is 7. The lowest BCUT2D eigenvalue weighted by Crippen LogP contribution is -2.56. The number of aromatic amines is 1. The number of H-pyrrole nitrogens is 1. The second kappa shape index (κ2) is 25.0. The van der Waals surface area contributed by atoms with E-state index in [-0.39, 0.29) is 36.8 Å². The predicted molar refractivity (Wildman–Crippen MR) is 314 cm³/mol. The molecule has 2 atom stereocenters. The number of fused-ring (bicyclic) bond motifs is 2. The van der Waals surface area contributed by atoms with Gasteiger partial charge >= 0.3 is 6.03 Å². The number of benzene rings is 3. The number of piperidine rings is 2. The molecule has 8 N–H and O–H groups in total. The number of rotatable bonds is 20. The second-order valence-corrected chi connectivity index (χ2v) is 22.3. The first-order chi connectivity index (χ1) is 40.5. The van der Waals surface area contributed by atoms with Crippen LogP contribution in [-0.2, 0) is 41.4 Å². The molecule has 4 fully saturated rings. The molecular formula is C61H71N13O10. The Labute approximate surface area is 485 Å². The quantitative estimate of drug-likeness (QED) is 0.0541. The molecule has 84 heavy (non-hydrogen) atoms. The fourth-order valence-corrected chi connectivity index (χ4v) is 11.5. The maximum Gasteiger partial charge on any atom is 0.332 e. The van der Waals surface area contributed by atoms with Crippen molar-refractivity contribution in [3.8, 4) is 28.7 Å². The van der Waals surface area contributed by atoms with Crippen molar-refractivity contribution in [1.29, 1.82) is 0 Å². The molecule has 3 aliphatic heterocycles. The first-order valence-corrected chi connectivity index (χ1v) is 28.4. The molecule has 0 spiro atoms. The number of pyridine rings is 1. The van der Waals surface area contributed by atoms with Gasteiger partial charge in [0, 0.05) is 99.0 Å². The number of primary amides is 1. The van der Waals surface area contributed by atoms with Crippen LogP contribution in [0.5, 0.6) is 5.75 Å². The minimum Gasteiger partial charge on any atom is -0.495 e. The molecule has 6 aromatic rings. The van der Waals surface area contributed by atoms with Crippen molar-refractivity contribution in [3.05, 3.63) is 112 Å². The monoisotopic (exact) mass is 1150 g/mol. The predicted octanol–water partition coefficient (Wildman–Crippen LogP) is 3.09. The number of anilines is 2. The third-order valence-corrected chi connectivity index (χ3v) is 16.4. The van der Waals surface area contributed by atoms with E-state index in [1.807, 2.05) is 54.7 Å². The van der Waals surface area contributed by atoms with Crippen molar-refractivity contribution in [2.24, 2.45) is 12.8 Å². The van der Waals surface area contributed by atoms with Gasteiger partial charge in [-0.1, -0.05) is 48.2 Å². The average molecular weight is 1150 g/mol. The summed E-state index contributed by atoms with van der Waals surface area (Å²) in [6, 6.07) is 21.5. The smallest absolute Gasteiger partial charge is 0.332 e. The highest BCUT2D eigenvalue weighted by atomic mass is 16.5. The van der Waals surface area contributed by atoms with Crippen LogP contribution in [0.2, 0.25) is 0 Å². The van der Waals surface area contributed by atoms with Crippen LogP contribution in [0.1, 0.15) is 82.0 Å². The van der Waals surface area contributed by atoms with E-state index in [2.05, 4.69) is 60.9 Å². The number of nitrogens with two attached hydrogens (primary N) is 1. The Bertz CT molecular complexity index is 3600. The van der Waals surface area contributed by atoms with Crippen LogP contribution in [0.15, 0.2) is 90.0 Å². The zero-order valence-electron chi connectivity index (χ0n) is 47.7. The van der Waals surface area contributed by atoms with E-state index >= 15 is 0 Å². The van der Waals surface area contributed by atoms with E-state index in [1.165, 1.54) is 12.0 Å². The number of likely N-dealkylation sites (tertiary alicyclic amines) is 1. The van der Waals surface area contributed by atoms with E-state index in [0.717, 1.165) is 110 Å². The number of nitrogens with zero attached hydrogens (tertiary/aromatic N) is 7. The second-order valence-electron chi connectivity index (χ2n) is 22.3. The molecule has 10 rings (SSSR count). The van der Waals surface area contributed by atoms with E-state index in [9.17, 15) is 38.7 Å². The number of aliphatic hydroxyl groups excluding tert-OH is 1. The number of aryl methyl sites for hydroxylation is 1. The maximum absolute atomic E-state index is 13.8. The van der Waals surface area contributed by atoms with E-state index in [1.54, 1.807) is 36.0 Å². The van der Waals surface area contributed by atoms with Gasteiger partial charge in [0.1, 0.15) is 24.0 Å². The third-order valence-electron chi connectivity index (χ3n) is 16.4. The topological polar surface area (TPSA) is 292 Å². The summed E-state index contributed by atoms with van der Waals surface area (Å²) in [6.45, 7) is 5.86. The molecule has 2 unspecified atom stereocenters. The van der Waals surface area contributed by atoms with Gasteiger partial charge in [0.2, 0.25) is 35.5 Å².